The number of fused-ring (bicyclic) bond motifs is 1. The van der Waals surface area contributed by atoms with E-state index in [0.29, 0.717) is 22.9 Å². The van der Waals surface area contributed by atoms with E-state index in [1.165, 1.54) is 11.3 Å². The van der Waals surface area contributed by atoms with Gasteiger partial charge < -0.3 is 19.7 Å². The van der Waals surface area contributed by atoms with Gasteiger partial charge in [0.25, 0.3) is 5.91 Å². The largest absolute Gasteiger partial charge is 0.497 e. The number of methoxy groups -OCH3 is 2. The Hall–Kier alpha value is -3.54. The predicted molar refractivity (Wildman–Crippen MR) is 114 cm³/mol. The summed E-state index contributed by atoms with van der Waals surface area (Å²) in [6.45, 7) is 0.952. The zero-order chi connectivity index (χ0) is 20.2. The normalized spacial score (nSPS) is 12.8. The van der Waals surface area contributed by atoms with Crippen molar-refractivity contribution < 1.29 is 14.3 Å². The molecule has 0 fully saturated rings. The highest BCUT2D eigenvalue weighted by atomic mass is 16.5. The van der Waals surface area contributed by atoms with Gasteiger partial charge in [-0.15, -0.1) is 0 Å². The lowest BCUT2D eigenvalue weighted by atomic mass is 10.0. The summed E-state index contributed by atoms with van der Waals surface area (Å²) in [6.07, 6.45) is 4.00. The molecule has 0 unspecified atom stereocenters. The molecule has 1 aliphatic heterocycles. The number of aryl methyl sites for hydroxylation is 1. The third kappa shape index (κ3) is 4.01. The van der Waals surface area contributed by atoms with Crippen molar-refractivity contribution >= 4 is 23.1 Å². The van der Waals surface area contributed by atoms with Crippen molar-refractivity contribution in [3.63, 3.8) is 0 Å². The number of hydrogen-bond donors (Lipinski definition) is 1. The van der Waals surface area contributed by atoms with E-state index in [2.05, 4.69) is 39.5 Å². The fourth-order valence-corrected chi connectivity index (χ4v) is 3.55. The van der Waals surface area contributed by atoms with Crippen LogP contribution in [0.5, 0.6) is 11.5 Å². The van der Waals surface area contributed by atoms with Gasteiger partial charge in [-0.05, 0) is 48.7 Å². The molecule has 2 heterocycles. The number of pyridine rings is 1. The molecule has 6 nitrogen and oxygen atoms in total. The first-order chi connectivity index (χ1) is 14.2. The lowest BCUT2D eigenvalue weighted by molar-refractivity contribution is 0.102. The number of rotatable bonds is 5. The monoisotopic (exact) mass is 389 g/mol. The van der Waals surface area contributed by atoms with E-state index in [0.717, 1.165) is 25.1 Å². The maximum atomic E-state index is 12.6. The van der Waals surface area contributed by atoms with Gasteiger partial charge in [0, 0.05) is 23.9 Å². The third-order valence-corrected chi connectivity index (χ3v) is 5.03. The average molecular weight is 389 g/mol. The van der Waals surface area contributed by atoms with Crippen molar-refractivity contribution in [3.05, 3.63) is 71.9 Å². The topological polar surface area (TPSA) is 63.7 Å². The van der Waals surface area contributed by atoms with E-state index in [9.17, 15) is 4.79 Å². The quantitative estimate of drug-likeness (QED) is 0.699. The highest BCUT2D eigenvalue weighted by molar-refractivity contribution is 6.04. The molecule has 1 amide bonds. The molecule has 3 aromatic rings. The van der Waals surface area contributed by atoms with Crippen LogP contribution in [-0.4, -0.2) is 31.7 Å². The number of ether oxygens (including phenoxy) is 2. The van der Waals surface area contributed by atoms with E-state index in [1.54, 1.807) is 38.6 Å². The molecule has 0 aliphatic carbocycles. The summed E-state index contributed by atoms with van der Waals surface area (Å²) in [5.74, 6) is 1.33. The predicted octanol–water partition coefficient (Wildman–Crippen LogP) is 4.44. The van der Waals surface area contributed by atoms with Gasteiger partial charge >= 0.3 is 0 Å². The molecule has 2 aromatic carbocycles. The summed E-state index contributed by atoms with van der Waals surface area (Å²) in [5, 5.41) is 2.83. The van der Waals surface area contributed by atoms with Crippen molar-refractivity contribution in [1.29, 1.82) is 0 Å². The molecule has 0 atom stereocenters. The number of carbonyl (C=O) groups is 1. The molecule has 29 heavy (non-hydrogen) atoms. The molecule has 6 heteroatoms. The van der Waals surface area contributed by atoms with Crippen LogP contribution in [0.2, 0.25) is 0 Å². The second-order valence-corrected chi connectivity index (χ2v) is 6.84. The van der Waals surface area contributed by atoms with Gasteiger partial charge in [-0.1, -0.05) is 18.2 Å². The third-order valence-electron chi connectivity index (χ3n) is 5.03. The Morgan fingerprint density at radius 1 is 1.03 bits per heavy atom. The Morgan fingerprint density at radius 2 is 1.79 bits per heavy atom. The van der Waals surface area contributed by atoms with Crippen LogP contribution >= 0.6 is 0 Å². The fraction of sp³-hybridized carbons (Fsp3) is 0.217. The van der Waals surface area contributed by atoms with Gasteiger partial charge in [0.2, 0.25) is 0 Å². The number of anilines is 3. The zero-order valence-electron chi connectivity index (χ0n) is 16.5. The molecule has 4 rings (SSSR count). The fourth-order valence-electron chi connectivity index (χ4n) is 3.55. The maximum absolute atomic E-state index is 12.6. The molecule has 1 N–H and O–H groups in total. The van der Waals surface area contributed by atoms with Crippen molar-refractivity contribution in [2.75, 3.05) is 31.0 Å². The summed E-state index contributed by atoms with van der Waals surface area (Å²) in [6, 6.07) is 17.3. The number of para-hydroxylation sites is 1. The second-order valence-electron chi connectivity index (χ2n) is 6.84. The number of hydrogen-bond acceptors (Lipinski definition) is 5. The molecular formula is C23H23N3O3. The average Bonchev–Trinajstić information content (AvgIpc) is 2.78. The van der Waals surface area contributed by atoms with Crippen LogP contribution in [0.15, 0.2) is 60.8 Å². The van der Waals surface area contributed by atoms with Gasteiger partial charge in [-0.2, -0.15) is 0 Å². The SMILES string of the molecule is COc1cc(OC)cc(C(=O)Nc2ccc(N3CCCc4ccccc43)cn2)c1. The number of nitrogens with one attached hydrogen (secondary N) is 1. The maximum Gasteiger partial charge on any atom is 0.257 e. The van der Waals surface area contributed by atoms with Crippen molar-refractivity contribution in [2.45, 2.75) is 12.8 Å². The Kier molecular flexibility index (Phi) is 5.33. The Labute approximate surface area is 170 Å². The van der Waals surface area contributed by atoms with E-state index in [-0.39, 0.29) is 5.91 Å². The first-order valence-corrected chi connectivity index (χ1v) is 9.54. The summed E-state index contributed by atoms with van der Waals surface area (Å²) in [4.78, 5) is 19.3. The van der Waals surface area contributed by atoms with E-state index in [4.69, 9.17) is 9.47 Å². The van der Waals surface area contributed by atoms with Gasteiger partial charge in [0.05, 0.1) is 26.1 Å². The highest BCUT2D eigenvalue weighted by Crippen LogP contribution is 2.33. The van der Waals surface area contributed by atoms with Crippen molar-refractivity contribution in [3.8, 4) is 11.5 Å². The molecule has 148 valence electrons. The van der Waals surface area contributed by atoms with Crippen molar-refractivity contribution in [1.82, 2.24) is 4.98 Å². The van der Waals surface area contributed by atoms with Crippen LogP contribution in [0.4, 0.5) is 17.2 Å². The van der Waals surface area contributed by atoms with Crippen LogP contribution in [0.25, 0.3) is 0 Å². The number of amides is 1. The molecule has 0 spiro atoms. The van der Waals surface area contributed by atoms with Crippen LogP contribution in [0.1, 0.15) is 22.3 Å². The number of aromatic nitrogens is 1. The van der Waals surface area contributed by atoms with E-state index >= 15 is 0 Å². The van der Waals surface area contributed by atoms with E-state index < -0.39 is 0 Å². The molecule has 0 radical (unpaired) electrons. The van der Waals surface area contributed by atoms with Crippen LogP contribution in [-0.2, 0) is 6.42 Å². The first kappa shape index (κ1) is 18.8. The second kappa shape index (κ2) is 8.22. The molecule has 0 saturated heterocycles. The lowest BCUT2D eigenvalue weighted by Crippen LogP contribution is -2.24. The van der Waals surface area contributed by atoms with Gasteiger partial charge in [0.1, 0.15) is 17.3 Å². The number of carbonyl (C=O) groups excluding carboxylic acids is 1. The summed E-state index contributed by atoms with van der Waals surface area (Å²) >= 11 is 0. The van der Waals surface area contributed by atoms with Gasteiger partial charge in [0.15, 0.2) is 0 Å². The van der Waals surface area contributed by atoms with Crippen LogP contribution in [0.3, 0.4) is 0 Å². The van der Waals surface area contributed by atoms with E-state index in [1.807, 2.05) is 12.1 Å². The summed E-state index contributed by atoms with van der Waals surface area (Å²) < 4.78 is 10.5. The minimum Gasteiger partial charge on any atom is -0.497 e. The number of nitrogens with zero attached hydrogens (tertiary/aromatic N) is 2. The van der Waals surface area contributed by atoms with Crippen LogP contribution < -0.4 is 19.7 Å². The summed E-state index contributed by atoms with van der Waals surface area (Å²) in [7, 11) is 3.10. The van der Waals surface area contributed by atoms with Gasteiger partial charge in [-0.3, -0.25) is 4.79 Å². The molecule has 1 aromatic heterocycles. The minimum atomic E-state index is -0.272. The minimum absolute atomic E-state index is 0.272. The molecular weight excluding hydrogens is 366 g/mol. The summed E-state index contributed by atoms with van der Waals surface area (Å²) in [5.41, 5.74) is 4.03. The van der Waals surface area contributed by atoms with Gasteiger partial charge in [-0.25, -0.2) is 4.98 Å². The van der Waals surface area contributed by atoms with Crippen LogP contribution in [0, 0.1) is 0 Å². The first-order valence-electron chi connectivity index (χ1n) is 9.54. The highest BCUT2D eigenvalue weighted by Gasteiger charge is 2.18. The Bertz CT molecular complexity index is 996. The standard InChI is InChI=1S/C23H23N3O3/c1-28-19-12-17(13-20(14-19)29-2)23(27)25-22-10-9-18(15-24-22)26-11-5-7-16-6-3-4-8-21(16)26/h3-4,6,8-10,12-15H,5,7,11H2,1-2H3,(H,24,25,27). The number of benzene rings is 2. The van der Waals surface area contributed by atoms with Crippen molar-refractivity contribution in [2.24, 2.45) is 0 Å². The molecule has 0 bridgehead atoms. The smallest absolute Gasteiger partial charge is 0.257 e. The Morgan fingerprint density at radius 3 is 2.48 bits per heavy atom. The lowest BCUT2D eigenvalue weighted by Gasteiger charge is -2.31. The zero-order valence-corrected chi connectivity index (χ0v) is 16.5. The molecule has 0 saturated carbocycles. The molecule has 1 aliphatic rings. The Balaban J connectivity index is 1.52.